The Morgan fingerprint density at radius 1 is 1.38 bits per heavy atom. The number of allylic oxidation sites excluding steroid dienone is 2. The van der Waals surface area contributed by atoms with E-state index in [-0.39, 0.29) is 29.3 Å². The van der Waals surface area contributed by atoms with Crippen molar-refractivity contribution in [1.82, 2.24) is 4.98 Å². The summed E-state index contributed by atoms with van der Waals surface area (Å²) in [6, 6.07) is 4.77. The van der Waals surface area contributed by atoms with Crippen molar-refractivity contribution in [2.75, 3.05) is 6.61 Å². The van der Waals surface area contributed by atoms with E-state index in [2.05, 4.69) is 4.98 Å². The number of ether oxygens (including phenoxy) is 1. The third kappa shape index (κ3) is 2.70. The van der Waals surface area contributed by atoms with Gasteiger partial charge in [-0.2, -0.15) is 0 Å². The number of nitrogens with one attached hydrogen (secondary N) is 1. The molecule has 2 aromatic rings. The zero-order chi connectivity index (χ0) is 20.9. The van der Waals surface area contributed by atoms with Crippen molar-refractivity contribution >= 4 is 34.3 Å². The van der Waals surface area contributed by atoms with Gasteiger partial charge in [0.15, 0.2) is 16.9 Å². The minimum Gasteiger partial charge on any atom is -0.462 e. The molecule has 146 valence electrons. The molecule has 0 fully saturated rings. The smallest absolute Gasteiger partial charge is 0.379 e. The number of carbonyl (C=O) groups is 2. The van der Waals surface area contributed by atoms with Gasteiger partial charge < -0.3 is 20.6 Å². The largest absolute Gasteiger partial charge is 0.462 e. The van der Waals surface area contributed by atoms with Gasteiger partial charge in [0.05, 0.1) is 12.5 Å². The molecule has 0 saturated carbocycles. The number of hydrogen-bond donors (Lipinski definition) is 2. The molecule has 4 rings (SSSR count). The summed E-state index contributed by atoms with van der Waals surface area (Å²) >= 11 is 0. The Bertz CT molecular complexity index is 1180. The molecule has 0 radical (unpaired) electrons. The van der Waals surface area contributed by atoms with Crippen molar-refractivity contribution in [3.05, 3.63) is 68.8 Å². The lowest BCUT2D eigenvalue weighted by molar-refractivity contribution is -0.389. The van der Waals surface area contributed by atoms with Gasteiger partial charge >= 0.3 is 11.8 Å². The highest BCUT2D eigenvalue weighted by molar-refractivity contribution is 6.16. The van der Waals surface area contributed by atoms with Crippen LogP contribution in [0, 0.1) is 21.4 Å². The average Bonchev–Trinajstić information content (AvgIpc) is 2.70. The first-order valence-corrected chi connectivity index (χ1v) is 8.91. The summed E-state index contributed by atoms with van der Waals surface area (Å²) in [5, 5.41) is 19.8. The molecule has 3 N–H and O–H groups in total. The number of aromatic nitrogens is 1. The van der Waals surface area contributed by atoms with Crippen LogP contribution in [0.5, 0.6) is 0 Å². The van der Waals surface area contributed by atoms with Gasteiger partial charge in [0.2, 0.25) is 0 Å². The standard InChI is InChI=1S/C20H16N4O5/c1-2-29-20(26)16-15-10-7-6-9(18(21)22)8-12(10)17(25)11-4-3-5-13(14(11)15)23-19(16)24(27)28/h3-8,10,12H,2H2,1H3,(H3,21,22). The Morgan fingerprint density at radius 2 is 2.14 bits per heavy atom. The van der Waals surface area contributed by atoms with Crippen LogP contribution in [-0.4, -0.2) is 34.1 Å². The lowest BCUT2D eigenvalue weighted by Crippen LogP contribution is -2.30. The van der Waals surface area contributed by atoms with Crippen molar-refractivity contribution in [3.8, 4) is 0 Å². The number of fused-ring (bicyclic) bond motifs is 2. The van der Waals surface area contributed by atoms with Crippen LogP contribution in [0.1, 0.15) is 39.1 Å². The predicted octanol–water partition coefficient (Wildman–Crippen LogP) is 2.65. The number of esters is 1. The SMILES string of the molecule is CCOC(=O)c1c([N+](=O)[O-])nc2cccc3c2c1C1C=CC(C(=N)N)=CC1C3=O. The van der Waals surface area contributed by atoms with Crippen LogP contribution in [0.25, 0.3) is 10.9 Å². The summed E-state index contributed by atoms with van der Waals surface area (Å²) in [6.45, 7) is 1.64. The molecule has 0 saturated heterocycles. The zero-order valence-corrected chi connectivity index (χ0v) is 15.3. The number of ketones is 1. The monoisotopic (exact) mass is 392 g/mol. The van der Waals surface area contributed by atoms with Crippen LogP contribution in [-0.2, 0) is 4.74 Å². The topological polar surface area (TPSA) is 149 Å². The quantitative estimate of drug-likeness (QED) is 0.267. The van der Waals surface area contributed by atoms with Crippen molar-refractivity contribution < 1.29 is 19.2 Å². The Labute approximate surface area is 164 Å². The fraction of sp³-hybridized carbons (Fsp3) is 0.200. The van der Waals surface area contributed by atoms with Crippen molar-refractivity contribution in [2.24, 2.45) is 11.7 Å². The molecule has 2 atom stereocenters. The molecule has 0 spiro atoms. The second-order valence-corrected chi connectivity index (χ2v) is 6.71. The third-order valence-corrected chi connectivity index (χ3v) is 5.13. The molecule has 1 aromatic heterocycles. The molecule has 1 aromatic carbocycles. The Balaban J connectivity index is 2.11. The number of amidine groups is 1. The zero-order valence-electron chi connectivity index (χ0n) is 15.3. The lowest BCUT2D eigenvalue weighted by Gasteiger charge is -2.31. The fourth-order valence-electron chi connectivity index (χ4n) is 3.96. The van der Waals surface area contributed by atoms with Crippen molar-refractivity contribution in [2.45, 2.75) is 12.8 Å². The van der Waals surface area contributed by atoms with E-state index in [9.17, 15) is 19.7 Å². The molecule has 2 aliphatic rings. The molecule has 2 aliphatic carbocycles. The first kappa shape index (κ1) is 18.5. The molecule has 0 aliphatic heterocycles. The van der Waals surface area contributed by atoms with E-state index in [0.29, 0.717) is 22.1 Å². The van der Waals surface area contributed by atoms with Crippen LogP contribution in [0.4, 0.5) is 5.82 Å². The highest BCUT2D eigenvalue weighted by Crippen LogP contribution is 2.46. The molecule has 29 heavy (non-hydrogen) atoms. The van der Waals surface area contributed by atoms with Gasteiger partial charge in [0.25, 0.3) is 0 Å². The molecule has 0 amide bonds. The number of Topliss-reactive ketones (excluding diaryl/α,β-unsaturated/α-hetero) is 1. The first-order valence-electron chi connectivity index (χ1n) is 8.91. The minimum atomic E-state index is -0.860. The number of benzene rings is 1. The highest BCUT2D eigenvalue weighted by atomic mass is 16.6. The summed E-state index contributed by atoms with van der Waals surface area (Å²) in [4.78, 5) is 40.9. The summed E-state index contributed by atoms with van der Waals surface area (Å²) in [7, 11) is 0. The summed E-state index contributed by atoms with van der Waals surface area (Å²) in [6.07, 6.45) is 4.80. The maximum Gasteiger partial charge on any atom is 0.379 e. The van der Waals surface area contributed by atoms with Crippen LogP contribution in [0.3, 0.4) is 0 Å². The second kappa shape index (κ2) is 6.62. The maximum atomic E-state index is 13.2. The Kier molecular flexibility index (Phi) is 4.22. The van der Waals surface area contributed by atoms with Gasteiger partial charge in [-0.3, -0.25) is 10.2 Å². The second-order valence-electron chi connectivity index (χ2n) is 6.71. The Hall–Kier alpha value is -3.88. The van der Waals surface area contributed by atoms with Gasteiger partial charge in [0.1, 0.15) is 5.84 Å². The van der Waals surface area contributed by atoms with E-state index in [4.69, 9.17) is 15.9 Å². The minimum absolute atomic E-state index is 0.0341. The summed E-state index contributed by atoms with van der Waals surface area (Å²) in [5.41, 5.74) is 6.63. The molecule has 9 heteroatoms. The van der Waals surface area contributed by atoms with Gasteiger partial charge in [-0.05, 0) is 28.5 Å². The van der Waals surface area contributed by atoms with E-state index >= 15 is 0 Å². The number of rotatable bonds is 4. The van der Waals surface area contributed by atoms with E-state index in [0.717, 1.165) is 0 Å². The average molecular weight is 392 g/mol. The van der Waals surface area contributed by atoms with Gasteiger partial charge in [-0.15, -0.1) is 0 Å². The molecule has 9 nitrogen and oxygen atoms in total. The number of nitro groups is 1. The van der Waals surface area contributed by atoms with Crippen molar-refractivity contribution in [3.63, 3.8) is 0 Å². The van der Waals surface area contributed by atoms with Crippen LogP contribution >= 0.6 is 0 Å². The van der Waals surface area contributed by atoms with Crippen LogP contribution in [0.15, 0.2) is 42.0 Å². The number of carbonyl (C=O) groups excluding carboxylic acids is 2. The van der Waals surface area contributed by atoms with Gasteiger partial charge in [0, 0.05) is 22.4 Å². The summed E-state index contributed by atoms with van der Waals surface area (Å²) < 4.78 is 5.08. The van der Waals surface area contributed by atoms with Crippen LogP contribution < -0.4 is 5.73 Å². The van der Waals surface area contributed by atoms with Gasteiger partial charge in [-0.25, -0.2) is 4.79 Å². The van der Waals surface area contributed by atoms with Crippen LogP contribution in [0.2, 0.25) is 0 Å². The molecular weight excluding hydrogens is 376 g/mol. The van der Waals surface area contributed by atoms with E-state index in [1.54, 1.807) is 43.4 Å². The number of nitrogens with zero attached hydrogens (tertiary/aromatic N) is 2. The van der Waals surface area contributed by atoms with E-state index < -0.39 is 28.5 Å². The number of hydrogen-bond acceptors (Lipinski definition) is 7. The number of nitrogens with two attached hydrogens (primary N) is 1. The van der Waals surface area contributed by atoms with Crippen molar-refractivity contribution in [1.29, 1.82) is 5.41 Å². The molecule has 1 heterocycles. The normalized spacial score (nSPS) is 19.5. The predicted molar refractivity (Wildman–Crippen MR) is 104 cm³/mol. The third-order valence-electron chi connectivity index (χ3n) is 5.13. The van der Waals surface area contributed by atoms with Gasteiger partial charge in [-0.1, -0.05) is 30.4 Å². The van der Waals surface area contributed by atoms with E-state index in [1.807, 2.05) is 0 Å². The molecule has 2 unspecified atom stereocenters. The Morgan fingerprint density at radius 3 is 2.79 bits per heavy atom. The highest BCUT2D eigenvalue weighted by Gasteiger charge is 2.43. The summed E-state index contributed by atoms with van der Waals surface area (Å²) in [5.74, 6) is -3.26. The maximum absolute atomic E-state index is 13.2. The fourth-order valence-corrected chi connectivity index (χ4v) is 3.96. The molecular formula is C20H16N4O5. The first-order chi connectivity index (χ1) is 13.8. The molecule has 0 bridgehead atoms. The van der Waals surface area contributed by atoms with E-state index in [1.165, 1.54) is 0 Å². The number of pyridine rings is 1. The lowest BCUT2D eigenvalue weighted by atomic mass is 9.70.